The van der Waals surface area contributed by atoms with E-state index in [4.69, 9.17) is 9.47 Å². The van der Waals surface area contributed by atoms with E-state index in [0.29, 0.717) is 0 Å². The van der Waals surface area contributed by atoms with E-state index in [0.717, 1.165) is 12.1 Å². The molecule has 78 valence electrons. The van der Waals surface area contributed by atoms with Crippen LogP contribution in [0.25, 0.3) is 0 Å². The fourth-order valence-corrected chi connectivity index (χ4v) is 1.04. The number of hydrogen-bond donors (Lipinski definition) is 0. The summed E-state index contributed by atoms with van der Waals surface area (Å²) in [6, 6.07) is 2.18. The Morgan fingerprint density at radius 2 is 1.64 bits per heavy atom. The standard InChI is InChI=1S/C9H10F2O3/c1-12-7-3-6(11)4-8(13-2)9(7)14-5-10/h3-4H,5H2,1-2H3. The van der Waals surface area contributed by atoms with Gasteiger partial charge in [-0.05, 0) is 0 Å². The van der Waals surface area contributed by atoms with Crippen molar-refractivity contribution in [1.29, 1.82) is 0 Å². The van der Waals surface area contributed by atoms with E-state index in [1.807, 2.05) is 0 Å². The van der Waals surface area contributed by atoms with Crippen LogP contribution in [0.4, 0.5) is 8.78 Å². The van der Waals surface area contributed by atoms with Gasteiger partial charge in [0.05, 0.1) is 14.2 Å². The van der Waals surface area contributed by atoms with E-state index in [-0.39, 0.29) is 17.2 Å². The first-order valence-electron chi connectivity index (χ1n) is 3.83. The molecule has 14 heavy (non-hydrogen) atoms. The zero-order valence-electron chi connectivity index (χ0n) is 7.84. The first kappa shape index (κ1) is 10.6. The van der Waals surface area contributed by atoms with Crippen molar-refractivity contribution < 1.29 is 23.0 Å². The van der Waals surface area contributed by atoms with E-state index in [1.54, 1.807) is 0 Å². The van der Waals surface area contributed by atoms with Crippen LogP contribution in [0.5, 0.6) is 17.2 Å². The van der Waals surface area contributed by atoms with Crippen LogP contribution in [0.15, 0.2) is 12.1 Å². The lowest BCUT2D eigenvalue weighted by molar-refractivity contribution is 0.177. The molecule has 5 heteroatoms. The predicted molar refractivity (Wildman–Crippen MR) is 46.1 cm³/mol. The Labute approximate surface area is 80.2 Å². The smallest absolute Gasteiger partial charge is 0.229 e. The normalized spacial score (nSPS) is 9.71. The first-order valence-corrected chi connectivity index (χ1v) is 3.83. The summed E-state index contributed by atoms with van der Waals surface area (Å²) in [6.45, 7) is -1.03. The molecule has 0 N–H and O–H groups in total. The summed E-state index contributed by atoms with van der Waals surface area (Å²) < 4.78 is 39.1. The van der Waals surface area contributed by atoms with Crippen molar-refractivity contribution in [1.82, 2.24) is 0 Å². The molecule has 1 aromatic rings. The number of halogens is 2. The molecule has 0 atom stereocenters. The van der Waals surface area contributed by atoms with Gasteiger partial charge in [-0.25, -0.2) is 8.78 Å². The van der Waals surface area contributed by atoms with E-state index in [1.165, 1.54) is 14.2 Å². The fourth-order valence-electron chi connectivity index (χ4n) is 1.04. The van der Waals surface area contributed by atoms with Gasteiger partial charge in [-0.15, -0.1) is 0 Å². The summed E-state index contributed by atoms with van der Waals surface area (Å²) >= 11 is 0. The largest absolute Gasteiger partial charge is 0.493 e. The quantitative estimate of drug-likeness (QED) is 0.752. The maximum absolute atomic E-state index is 12.9. The van der Waals surface area contributed by atoms with Gasteiger partial charge in [0.15, 0.2) is 11.5 Å². The Bertz CT molecular complexity index is 290. The number of ether oxygens (including phenoxy) is 3. The van der Waals surface area contributed by atoms with Crippen LogP contribution in [-0.4, -0.2) is 21.1 Å². The van der Waals surface area contributed by atoms with Crippen molar-refractivity contribution in [2.24, 2.45) is 0 Å². The molecule has 3 nitrogen and oxygen atoms in total. The number of alkyl halides is 1. The molecule has 0 saturated heterocycles. The van der Waals surface area contributed by atoms with E-state index >= 15 is 0 Å². The lowest BCUT2D eigenvalue weighted by Gasteiger charge is -2.11. The molecule has 0 spiro atoms. The monoisotopic (exact) mass is 204 g/mol. The molecule has 1 aromatic carbocycles. The summed E-state index contributed by atoms with van der Waals surface area (Å²) in [4.78, 5) is 0. The van der Waals surface area contributed by atoms with Crippen LogP contribution in [0.2, 0.25) is 0 Å². The lowest BCUT2D eigenvalue weighted by Crippen LogP contribution is -1.98. The number of methoxy groups -OCH3 is 2. The van der Waals surface area contributed by atoms with Crippen molar-refractivity contribution in [3.8, 4) is 17.2 Å². The summed E-state index contributed by atoms with van der Waals surface area (Å²) in [5.41, 5.74) is 0. The van der Waals surface area contributed by atoms with Gasteiger partial charge in [-0.3, -0.25) is 0 Å². The minimum atomic E-state index is -1.03. The van der Waals surface area contributed by atoms with Gasteiger partial charge < -0.3 is 14.2 Å². The van der Waals surface area contributed by atoms with Gasteiger partial charge in [0.2, 0.25) is 12.6 Å². The summed E-state index contributed by atoms with van der Waals surface area (Å²) in [5.74, 6) is -0.289. The number of rotatable bonds is 4. The van der Waals surface area contributed by atoms with Gasteiger partial charge in [0, 0.05) is 12.1 Å². The molecule has 0 aliphatic rings. The van der Waals surface area contributed by atoms with Crippen molar-refractivity contribution in [3.63, 3.8) is 0 Å². The molecule has 0 aliphatic carbocycles. The zero-order valence-corrected chi connectivity index (χ0v) is 7.84. The highest BCUT2D eigenvalue weighted by Gasteiger charge is 2.13. The Hall–Kier alpha value is -1.52. The van der Waals surface area contributed by atoms with E-state index in [9.17, 15) is 8.78 Å². The third-order valence-electron chi connectivity index (χ3n) is 1.62. The molecule has 0 radical (unpaired) electrons. The topological polar surface area (TPSA) is 27.7 Å². The second kappa shape index (κ2) is 4.64. The fraction of sp³-hybridized carbons (Fsp3) is 0.333. The Balaban J connectivity index is 3.18. The summed E-state index contributed by atoms with van der Waals surface area (Å²) in [6.07, 6.45) is 0. The molecule has 0 aromatic heterocycles. The molecule has 0 amide bonds. The molecule has 0 unspecified atom stereocenters. The van der Waals surface area contributed by atoms with Crippen LogP contribution in [-0.2, 0) is 0 Å². The average Bonchev–Trinajstić information content (AvgIpc) is 2.20. The highest BCUT2D eigenvalue weighted by atomic mass is 19.1. The minimum Gasteiger partial charge on any atom is -0.493 e. The maximum Gasteiger partial charge on any atom is 0.229 e. The minimum absolute atomic E-state index is 0.0545. The summed E-state index contributed by atoms with van der Waals surface area (Å²) in [5, 5.41) is 0. The highest BCUT2D eigenvalue weighted by molar-refractivity contribution is 5.51. The van der Waals surface area contributed by atoms with Crippen molar-refractivity contribution in [2.45, 2.75) is 0 Å². The second-order valence-corrected chi connectivity index (χ2v) is 2.39. The second-order valence-electron chi connectivity index (χ2n) is 2.39. The molecule has 0 heterocycles. The Morgan fingerprint density at radius 3 is 2.00 bits per heavy atom. The van der Waals surface area contributed by atoms with Gasteiger partial charge >= 0.3 is 0 Å². The van der Waals surface area contributed by atoms with Crippen LogP contribution in [0, 0.1) is 5.82 Å². The SMILES string of the molecule is COc1cc(F)cc(OC)c1OCF. The van der Waals surface area contributed by atoms with Gasteiger partial charge in [0.25, 0.3) is 0 Å². The molecule has 0 fully saturated rings. The van der Waals surface area contributed by atoms with Gasteiger partial charge in [0.1, 0.15) is 5.82 Å². The molecule has 0 saturated carbocycles. The van der Waals surface area contributed by atoms with Gasteiger partial charge in [-0.2, -0.15) is 0 Å². The van der Waals surface area contributed by atoms with E-state index < -0.39 is 12.7 Å². The number of hydrogen-bond acceptors (Lipinski definition) is 3. The zero-order chi connectivity index (χ0) is 10.6. The highest BCUT2D eigenvalue weighted by Crippen LogP contribution is 2.37. The first-order chi connectivity index (χ1) is 6.72. The third kappa shape index (κ3) is 2.04. The third-order valence-corrected chi connectivity index (χ3v) is 1.62. The van der Waals surface area contributed by atoms with Crippen LogP contribution in [0.1, 0.15) is 0 Å². The molecule has 1 rings (SSSR count). The van der Waals surface area contributed by atoms with Crippen molar-refractivity contribution in [2.75, 3.05) is 21.1 Å². The molecular formula is C9H10F2O3. The Morgan fingerprint density at radius 1 is 1.14 bits per heavy atom. The summed E-state index contributed by atoms with van der Waals surface area (Å²) in [7, 11) is 2.67. The van der Waals surface area contributed by atoms with Crippen LogP contribution >= 0.6 is 0 Å². The number of benzene rings is 1. The average molecular weight is 204 g/mol. The maximum atomic E-state index is 12.9. The molecular weight excluding hydrogens is 194 g/mol. The Kier molecular flexibility index (Phi) is 3.50. The van der Waals surface area contributed by atoms with Gasteiger partial charge in [-0.1, -0.05) is 0 Å². The molecule has 0 bridgehead atoms. The lowest BCUT2D eigenvalue weighted by atomic mass is 10.3. The van der Waals surface area contributed by atoms with Crippen molar-refractivity contribution in [3.05, 3.63) is 17.9 Å². The van der Waals surface area contributed by atoms with Crippen molar-refractivity contribution >= 4 is 0 Å². The van der Waals surface area contributed by atoms with Crippen LogP contribution < -0.4 is 14.2 Å². The van der Waals surface area contributed by atoms with E-state index in [2.05, 4.69) is 4.74 Å². The van der Waals surface area contributed by atoms with Crippen LogP contribution in [0.3, 0.4) is 0 Å². The molecule has 0 aliphatic heterocycles. The predicted octanol–water partition coefficient (Wildman–Crippen LogP) is 2.15.